The molecule has 2 rings (SSSR count). The van der Waals surface area contributed by atoms with E-state index in [-0.39, 0.29) is 11.9 Å². The number of carbonyl (C=O) groups is 1. The molecule has 0 N–H and O–H groups in total. The summed E-state index contributed by atoms with van der Waals surface area (Å²) in [4.78, 5) is 10.9. The molecule has 1 fully saturated rings. The van der Waals surface area contributed by atoms with E-state index >= 15 is 0 Å². The first-order valence-electron chi connectivity index (χ1n) is 4.48. The number of carbonyl (C=O) groups excluding carboxylic acids is 1. The third-order valence-corrected chi connectivity index (χ3v) is 2.49. The van der Waals surface area contributed by atoms with E-state index in [1.165, 1.54) is 11.1 Å². The van der Waals surface area contributed by atoms with E-state index in [4.69, 9.17) is 4.74 Å². The van der Waals surface area contributed by atoms with Crippen molar-refractivity contribution in [3.63, 3.8) is 0 Å². The van der Waals surface area contributed by atoms with Gasteiger partial charge in [-0.1, -0.05) is 24.3 Å². The van der Waals surface area contributed by atoms with Gasteiger partial charge in [-0.2, -0.15) is 0 Å². The zero-order chi connectivity index (χ0) is 9.26. The molecular formula is C11H12O2. The lowest BCUT2D eigenvalue weighted by atomic mass is 9.94. The van der Waals surface area contributed by atoms with Crippen molar-refractivity contribution in [3.8, 4) is 0 Å². The quantitative estimate of drug-likeness (QED) is 0.612. The molecule has 68 valence electrons. The molecule has 0 unspecified atom stereocenters. The molecule has 2 heteroatoms. The topological polar surface area (TPSA) is 26.3 Å². The Kier molecular flexibility index (Phi) is 2.05. The van der Waals surface area contributed by atoms with Crippen molar-refractivity contribution in [2.75, 3.05) is 6.61 Å². The predicted octanol–water partition coefficient (Wildman–Crippen LogP) is 2.03. The Morgan fingerprint density at radius 3 is 2.77 bits per heavy atom. The minimum Gasteiger partial charge on any atom is -0.465 e. The van der Waals surface area contributed by atoms with Crippen molar-refractivity contribution in [2.45, 2.75) is 19.3 Å². The summed E-state index contributed by atoms with van der Waals surface area (Å²) in [5.74, 6) is 0.196. The van der Waals surface area contributed by atoms with Gasteiger partial charge in [0.15, 0.2) is 0 Å². The van der Waals surface area contributed by atoms with Gasteiger partial charge < -0.3 is 4.74 Å². The highest BCUT2D eigenvalue weighted by atomic mass is 16.5. The zero-order valence-corrected chi connectivity index (χ0v) is 7.62. The molecule has 1 aromatic rings. The molecule has 1 saturated heterocycles. The van der Waals surface area contributed by atoms with Gasteiger partial charge in [0.1, 0.15) is 0 Å². The van der Waals surface area contributed by atoms with Crippen molar-refractivity contribution >= 4 is 5.97 Å². The molecule has 1 atom stereocenters. The number of cyclic esters (lactones) is 1. The Hall–Kier alpha value is -1.31. The molecule has 1 aliphatic heterocycles. The molecule has 0 aromatic heterocycles. The first-order chi connectivity index (χ1) is 6.27. The fraction of sp³-hybridized carbons (Fsp3) is 0.364. The SMILES string of the molecule is Cc1ccccc1[C@@H]1COC(=O)C1. The largest absolute Gasteiger partial charge is 0.465 e. The Bertz CT molecular complexity index is 331. The van der Waals surface area contributed by atoms with Gasteiger partial charge in [-0.25, -0.2) is 0 Å². The van der Waals surface area contributed by atoms with E-state index in [1.807, 2.05) is 12.1 Å². The van der Waals surface area contributed by atoms with Gasteiger partial charge in [-0.05, 0) is 18.1 Å². The van der Waals surface area contributed by atoms with Gasteiger partial charge in [-0.3, -0.25) is 4.79 Å². The lowest BCUT2D eigenvalue weighted by Crippen LogP contribution is -1.99. The molecule has 0 saturated carbocycles. The van der Waals surface area contributed by atoms with Crippen LogP contribution in [0.15, 0.2) is 24.3 Å². The maximum atomic E-state index is 10.9. The molecule has 1 heterocycles. The van der Waals surface area contributed by atoms with Crippen molar-refractivity contribution in [1.82, 2.24) is 0 Å². The highest BCUT2D eigenvalue weighted by Crippen LogP contribution is 2.27. The van der Waals surface area contributed by atoms with Crippen molar-refractivity contribution in [1.29, 1.82) is 0 Å². The monoisotopic (exact) mass is 176 g/mol. The number of benzene rings is 1. The molecular weight excluding hydrogens is 164 g/mol. The molecule has 0 aliphatic carbocycles. The minimum absolute atomic E-state index is 0.0757. The first-order valence-corrected chi connectivity index (χ1v) is 4.48. The fourth-order valence-electron chi connectivity index (χ4n) is 1.76. The van der Waals surface area contributed by atoms with Crippen LogP contribution in [0.3, 0.4) is 0 Å². The molecule has 13 heavy (non-hydrogen) atoms. The average molecular weight is 176 g/mol. The predicted molar refractivity (Wildman–Crippen MR) is 49.5 cm³/mol. The molecule has 2 nitrogen and oxygen atoms in total. The van der Waals surface area contributed by atoms with Crippen LogP contribution >= 0.6 is 0 Å². The van der Waals surface area contributed by atoms with Crippen molar-refractivity contribution < 1.29 is 9.53 Å². The van der Waals surface area contributed by atoms with E-state index in [1.54, 1.807) is 0 Å². The Morgan fingerprint density at radius 1 is 1.38 bits per heavy atom. The number of hydrogen-bond acceptors (Lipinski definition) is 2. The molecule has 0 radical (unpaired) electrons. The highest BCUT2D eigenvalue weighted by Gasteiger charge is 2.25. The summed E-state index contributed by atoms with van der Waals surface area (Å²) in [6.45, 7) is 2.61. The van der Waals surface area contributed by atoms with Crippen LogP contribution in [0, 0.1) is 6.92 Å². The first kappa shape index (κ1) is 8.30. The van der Waals surface area contributed by atoms with Gasteiger partial charge >= 0.3 is 5.97 Å². The van der Waals surface area contributed by atoms with Crippen molar-refractivity contribution in [2.24, 2.45) is 0 Å². The van der Waals surface area contributed by atoms with Crippen molar-refractivity contribution in [3.05, 3.63) is 35.4 Å². The summed E-state index contributed by atoms with van der Waals surface area (Å²) >= 11 is 0. The number of esters is 1. The van der Waals surface area contributed by atoms with Gasteiger partial charge in [0, 0.05) is 5.92 Å². The Morgan fingerprint density at radius 2 is 2.15 bits per heavy atom. The van der Waals surface area contributed by atoms with Crippen LogP contribution in [0.5, 0.6) is 0 Å². The summed E-state index contributed by atoms with van der Waals surface area (Å²) in [5.41, 5.74) is 2.49. The van der Waals surface area contributed by atoms with E-state index in [2.05, 4.69) is 19.1 Å². The van der Waals surface area contributed by atoms with Gasteiger partial charge in [-0.15, -0.1) is 0 Å². The van der Waals surface area contributed by atoms with Crippen LogP contribution in [0.4, 0.5) is 0 Å². The normalized spacial score (nSPS) is 21.6. The highest BCUT2D eigenvalue weighted by molar-refractivity contribution is 5.73. The summed E-state index contributed by atoms with van der Waals surface area (Å²) in [7, 11) is 0. The van der Waals surface area contributed by atoms with Crippen LogP contribution in [0.1, 0.15) is 23.5 Å². The van der Waals surface area contributed by atoms with Crippen LogP contribution in [-0.2, 0) is 9.53 Å². The third kappa shape index (κ3) is 1.57. The standard InChI is InChI=1S/C11H12O2/c1-8-4-2-3-5-10(8)9-6-11(12)13-7-9/h2-5,9H,6-7H2,1H3/t9-/m0/s1. The second-order valence-corrected chi connectivity index (χ2v) is 3.44. The van der Waals surface area contributed by atoms with Gasteiger partial charge in [0.05, 0.1) is 13.0 Å². The zero-order valence-electron chi connectivity index (χ0n) is 7.62. The van der Waals surface area contributed by atoms with Gasteiger partial charge in [0.25, 0.3) is 0 Å². The lowest BCUT2D eigenvalue weighted by Gasteiger charge is -2.09. The summed E-state index contributed by atoms with van der Waals surface area (Å²) in [6, 6.07) is 8.15. The number of hydrogen-bond donors (Lipinski definition) is 0. The smallest absolute Gasteiger partial charge is 0.306 e. The Labute approximate surface area is 77.5 Å². The molecule has 0 bridgehead atoms. The number of aryl methyl sites for hydroxylation is 1. The lowest BCUT2D eigenvalue weighted by molar-refractivity contribution is -0.137. The van der Waals surface area contributed by atoms with Crippen LogP contribution < -0.4 is 0 Å². The molecule has 1 aromatic carbocycles. The maximum absolute atomic E-state index is 10.9. The molecule has 1 aliphatic rings. The average Bonchev–Trinajstić information content (AvgIpc) is 2.53. The van der Waals surface area contributed by atoms with E-state index in [9.17, 15) is 4.79 Å². The molecule has 0 spiro atoms. The molecule has 0 amide bonds. The van der Waals surface area contributed by atoms with E-state index < -0.39 is 0 Å². The van der Waals surface area contributed by atoms with E-state index in [0.717, 1.165) is 0 Å². The second kappa shape index (κ2) is 3.21. The summed E-state index contributed by atoms with van der Waals surface area (Å²) in [6.07, 6.45) is 0.533. The second-order valence-electron chi connectivity index (χ2n) is 3.44. The summed E-state index contributed by atoms with van der Waals surface area (Å²) in [5, 5.41) is 0. The number of ether oxygens (including phenoxy) is 1. The van der Waals surface area contributed by atoms with Crippen LogP contribution in [0.2, 0.25) is 0 Å². The fourth-order valence-corrected chi connectivity index (χ4v) is 1.76. The van der Waals surface area contributed by atoms with Gasteiger partial charge in [0.2, 0.25) is 0 Å². The van der Waals surface area contributed by atoms with E-state index in [0.29, 0.717) is 13.0 Å². The minimum atomic E-state index is -0.0757. The maximum Gasteiger partial charge on any atom is 0.306 e. The number of rotatable bonds is 1. The van der Waals surface area contributed by atoms with Crippen LogP contribution in [-0.4, -0.2) is 12.6 Å². The van der Waals surface area contributed by atoms with Crippen LogP contribution in [0.25, 0.3) is 0 Å². The summed E-state index contributed by atoms with van der Waals surface area (Å²) < 4.78 is 4.94. The third-order valence-electron chi connectivity index (χ3n) is 2.49. The Balaban J connectivity index is 2.26.